The van der Waals surface area contributed by atoms with Crippen LogP contribution in [-0.4, -0.2) is 24.2 Å². The van der Waals surface area contributed by atoms with Crippen molar-refractivity contribution in [2.24, 2.45) is 5.73 Å². The van der Waals surface area contributed by atoms with Crippen LogP contribution >= 0.6 is 0 Å². The Morgan fingerprint density at radius 1 is 1.14 bits per heavy atom. The van der Waals surface area contributed by atoms with Gasteiger partial charge < -0.3 is 15.2 Å². The normalized spacial score (nSPS) is 12.0. The van der Waals surface area contributed by atoms with Crippen molar-refractivity contribution >= 4 is 0 Å². The molecule has 2 N–H and O–H groups in total. The van der Waals surface area contributed by atoms with Crippen LogP contribution in [0.1, 0.15) is 29.3 Å². The average Bonchev–Trinajstić information content (AvgIpc) is 2.53. The molecule has 112 valence electrons. The second-order valence-electron chi connectivity index (χ2n) is 4.94. The van der Waals surface area contributed by atoms with Crippen molar-refractivity contribution in [1.29, 1.82) is 0 Å². The summed E-state index contributed by atoms with van der Waals surface area (Å²) in [6.07, 6.45) is 3.22. The molecule has 1 heterocycles. The van der Waals surface area contributed by atoms with Gasteiger partial charge in [-0.25, -0.2) is 4.98 Å². The van der Waals surface area contributed by atoms with Gasteiger partial charge in [0, 0.05) is 0 Å². The minimum Gasteiger partial charge on any atom is -0.480 e. The predicted octanol–water partition coefficient (Wildman–Crippen LogP) is 2.43. The van der Waals surface area contributed by atoms with E-state index in [-0.39, 0.29) is 6.04 Å². The van der Waals surface area contributed by atoms with Gasteiger partial charge in [-0.05, 0) is 25.3 Å². The Morgan fingerprint density at radius 3 is 2.48 bits per heavy atom. The van der Waals surface area contributed by atoms with Crippen LogP contribution in [0.4, 0.5) is 0 Å². The maximum Gasteiger partial charge on any atom is 0.240 e. The van der Waals surface area contributed by atoms with Crippen LogP contribution in [0, 0.1) is 6.92 Å². The van der Waals surface area contributed by atoms with Crippen molar-refractivity contribution in [2.75, 3.05) is 14.2 Å². The van der Waals surface area contributed by atoms with Gasteiger partial charge in [-0.1, -0.05) is 29.8 Å². The molecule has 0 saturated carbocycles. The highest BCUT2D eigenvalue weighted by Crippen LogP contribution is 2.24. The molecule has 0 spiro atoms. The van der Waals surface area contributed by atoms with Gasteiger partial charge >= 0.3 is 0 Å². The molecule has 2 aromatic rings. The topological polar surface area (TPSA) is 70.3 Å². The Kier molecular flexibility index (Phi) is 5.11. The van der Waals surface area contributed by atoms with E-state index in [1.54, 1.807) is 20.4 Å². The summed E-state index contributed by atoms with van der Waals surface area (Å²) in [6, 6.07) is 8.24. The molecule has 1 atom stereocenters. The average molecular weight is 287 g/mol. The molecule has 2 rings (SSSR count). The van der Waals surface area contributed by atoms with E-state index in [9.17, 15) is 0 Å². The van der Waals surface area contributed by atoms with Gasteiger partial charge in [0.25, 0.3) is 0 Å². The SMILES string of the molecule is COc1cnc(C(N)CCc2ccc(C)cc2)c(OC)n1. The molecule has 0 aliphatic rings. The lowest BCUT2D eigenvalue weighted by molar-refractivity contribution is 0.352. The first-order chi connectivity index (χ1) is 10.1. The van der Waals surface area contributed by atoms with Crippen LogP contribution in [0.15, 0.2) is 30.5 Å². The lowest BCUT2D eigenvalue weighted by Crippen LogP contribution is -2.15. The first kappa shape index (κ1) is 15.3. The van der Waals surface area contributed by atoms with Crippen LogP contribution in [0.5, 0.6) is 11.8 Å². The number of nitrogens with zero attached hydrogens (tertiary/aromatic N) is 2. The third-order valence-corrected chi connectivity index (χ3v) is 3.36. The zero-order valence-corrected chi connectivity index (χ0v) is 12.7. The van der Waals surface area contributed by atoms with E-state index >= 15 is 0 Å². The van der Waals surface area contributed by atoms with Gasteiger partial charge in [-0.3, -0.25) is 0 Å². The first-order valence-corrected chi connectivity index (χ1v) is 6.90. The predicted molar refractivity (Wildman–Crippen MR) is 81.6 cm³/mol. The smallest absolute Gasteiger partial charge is 0.240 e. The van der Waals surface area contributed by atoms with Gasteiger partial charge in [0.15, 0.2) is 0 Å². The highest BCUT2D eigenvalue weighted by atomic mass is 16.5. The van der Waals surface area contributed by atoms with Crippen molar-refractivity contribution < 1.29 is 9.47 Å². The third-order valence-electron chi connectivity index (χ3n) is 3.36. The Bertz CT molecular complexity index is 585. The summed E-state index contributed by atoms with van der Waals surface area (Å²) in [7, 11) is 3.10. The van der Waals surface area contributed by atoms with E-state index in [2.05, 4.69) is 41.2 Å². The molecule has 1 unspecified atom stereocenters. The number of rotatable bonds is 6. The van der Waals surface area contributed by atoms with Crippen LogP contribution in [0.2, 0.25) is 0 Å². The number of hydrogen-bond donors (Lipinski definition) is 1. The molecule has 0 amide bonds. The van der Waals surface area contributed by atoms with E-state index < -0.39 is 0 Å². The summed E-state index contributed by atoms with van der Waals surface area (Å²) >= 11 is 0. The van der Waals surface area contributed by atoms with E-state index in [1.807, 2.05) is 0 Å². The molecule has 0 aliphatic carbocycles. The molecule has 0 saturated heterocycles. The first-order valence-electron chi connectivity index (χ1n) is 6.90. The van der Waals surface area contributed by atoms with Gasteiger partial charge in [-0.15, -0.1) is 0 Å². The second-order valence-corrected chi connectivity index (χ2v) is 4.94. The van der Waals surface area contributed by atoms with Gasteiger partial charge in [0.05, 0.1) is 26.5 Å². The molecule has 21 heavy (non-hydrogen) atoms. The fraction of sp³-hybridized carbons (Fsp3) is 0.375. The van der Waals surface area contributed by atoms with E-state index in [0.29, 0.717) is 17.5 Å². The Balaban J connectivity index is 2.05. The highest BCUT2D eigenvalue weighted by molar-refractivity contribution is 5.26. The van der Waals surface area contributed by atoms with Crippen molar-refractivity contribution in [3.05, 3.63) is 47.3 Å². The molecular weight excluding hydrogens is 266 g/mol. The molecular formula is C16H21N3O2. The quantitative estimate of drug-likeness (QED) is 0.883. The molecule has 0 aliphatic heterocycles. The molecule has 5 heteroatoms. The van der Waals surface area contributed by atoms with Crippen LogP contribution < -0.4 is 15.2 Å². The van der Waals surface area contributed by atoms with Gasteiger partial charge in [0.2, 0.25) is 11.8 Å². The minimum absolute atomic E-state index is 0.223. The lowest BCUT2D eigenvalue weighted by Gasteiger charge is -2.14. The maximum absolute atomic E-state index is 6.22. The fourth-order valence-electron chi connectivity index (χ4n) is 2.08. The van der Waals surface area contributed by atoms with Crippen molar-refractivity contribution in [2.45, 2.75) is 25.8 Å². The Labute approximate surface area is 125 Å². The van der Waals surface area contributed by atoms with Crippen LogP contribution in [-0.2, 0) is 6.42 Å². The number of aryl methyl sites for hydroxylation is 2. The number of ether oxygens (including phenoxy) is 2. The number of methoxy groups -OCH3 is 2. The zero-order chi connectivity index (χ0) is 15.2. The summed E-state index contributed by atoms with van der Waals surface area (Å²) in [5, 5.41) is 0. The van der Waals surface area contributed by atoms with Crippen molar-refractivity contribution in [1.82, 2.24) is 9.97 Å². The van der Waals surface area contributed by atoms with Crippen LogP contribution in [0.3, 0.4) is 0 Å². The summed E-state index contributed by atoms with van der Waals surface area (Å²) in [5.41, 5.74) is 9.39. The summed E-state index contributed by atoms with van der Waals surface area (Å²) < 4.78 is 10.3. The zero-order valence-electron chi connectivity index (χ0n) is 12.7. The second kappa shape index (κ2) is 7.04. The van der Waals surface area contributed by atoms with Gasteiger partial charge in [0.1, 0.15) is 5.69 Å². The standard InChI is InChI=1S/C16H21N3O2/c1-11-4-6-12(7-5-11)8-9-13(17)15-16(21-3)19-14(20-2)10-18-15/h4-7,10,13H,8-9,17H2,1-3H3. The Hall–Kier alpha value is -2.14. The number of nitrogens with two attached hydrogens (primary N) is 1. The molecule has 0 radical (unpaired) electrons. The van der Waals surface area contributed by atoms with E-state index in [4.69, 9.17) is 15.2 Å². The lowest BCUT2D eigenvalue weighted by atomic mass is 10.0. The maximum atomic E-state index is 6.22. The van der Waals surface area contributed by atoms with Crippen LogP contribution in [0.25, 0.3) is 0 Å². The Morgan fingerprint density at radius 2 is 1.86 bits per heavy atom. The minimum atomic E-state index is -0.223. The number of benzene rings is 1. The number of aromatic nitrogens is 2. The molecule has 0 bridgehead atoms. The van der Waals surface area contributed by atoms with E-state index in [1.165, 1.54) is 11.1 Å². The van der Waals surface area contributed by atoms with Crippen molar-refractivity contribution in [3.63, 3.8) is 0 Å². The third kappa shape index (κ3) is 3.92. The summed E-state index contributed by atoms with van der Waals surface area (Å²) in [5.74, 6) is 0.840. The number of hydrogen-bond acceptors (Lipinski definition) is 5. The fourth-order valence-corrected chi connectivity index (χ4v) is 2.08. The molecule has 1 aromatic heterocycles. The molecule has 5 nitrogen and oxygen atoms in total. The largest absolute Gasteiger partial charge is 0.480 e. The van der Waals surface area contributed by atoms with Crippen molar-refractivity contribution in [3.8, 4) is 11.8 Å². The molecule has 1 aromatic carbocycles. The van der Waals surface area contributed by atoms with E-state index in [0.717, 1.165) is 12.8 Å². The van der Waals surface area contributed by atoms with Gasteiger partial charge in [-0.2, -0.15) is 4.98 Å². The monoisotopic (exact) mass is 287 g/mol. The highest BCUT2D eigenvalue weighted by Gasteiger charge is 2.16. The summed E-state index contributed by atoms with van der Waals surface area (Å²) in [6.45, 7) is 2.08. The summed E-state index contributed by atoms with van der Waals surface area (Å²) in [4.78, 5) is 8.52. The molecule has 0 fully saturated rings.